The highest BCUT2D eigenvalue weighted by Gasteiger charge is 2.06. The maximum Gasteiger partial charge on any atom is 0.224 e. The van der Waals surface area contributed by atoms with Crippen LogP contribution < -0.4 is 10.6 Å². The van der Waals surface area contributed by atoms with Crippen LogP contribution in [0.3, 0.4) is 0 Å². The summed E-state index contributed by atoms with van der Waals surface area (Å²) in [5.41, 5.74) is 0.763. The van der Waals surface area contributed by atoms with E-state index < -0.39 is 0 Å². The largest absolute Gasteiger partial charge is 0.354 e. The van der Waals surface area contributed by atoms with Crippen molar-refractivity contribution < 1.29 is 0 Å². The van der Waals surface area contributed by atoms with Gasteiger partial charge in [0.25, 0.3) is 0 Å². The van der Waals surface area contributed by atoms with Gasteiger partial charge < -0.3 is 10.6 Å². The van der Waals surface area contributed by atoms with Crippen molar-refractivity contribution in [2.45, 2.75) is 6.92 Å². The third kappa shape index (κ3) is 3.96. The Kier molecular flexibility index (Phi) is 4.85. The van der Waals surface area contributed by atoms with Crippen LogP contribution in [0.1, 0.15) is 6.92 Å². The molecule has 0 unspecified atom stereocenters. The summed E-state index contributed by atoms with van der Waals surface area (Å²) >= 11 is 15.3. The first-order valence-electron chi connectivity index (χ1n) is 5.58. The SMILES string of the molecule is CCNc1ncc(Br)c(Nc2cc(Cl)cc(Cl)c2)n1. The van der Waals surface area contributed by atoms with E-state index in [1.54, 1.807) is 24.4 Å². The van der Waals surface area contributed by atoms with Gasteiger partial charge in [-0.2, -0.15) is 4.98 Å². The van der Waals surface area contributed by atoms with Gasteiger partial charge in [-0.05, 0) is 41.1 Å². The van der Waals surface area contributed by atoms with E-state index in [-0.39, 0.29) is 0 Å². The smallest absolute Gasteiger partial charge is 0.224 e. The normalized spacial score (nSPS) is 10.3. The fourth-order valence-corrected chi connectivity index (χ4v) is 2.28. The van der Waals surface area contributed by atoms with Crippen LogP contribution in [-0.2, 0) is 0 Å². The van der Waals surface area contributed by atoms with E-state index in [2.05, 4.69) is 36.5 Å². The summed E-state index contributed by atoms with van der Waals surface area (Å²) in [6.07, 6.45) is 1.68. The number of nitrogens with one attached hydrogen (secondary N) is 2. The van der Waals surface area contributed by atoms with Crippen LogP contribution in [0.15, 0.2) is 28.9 Å². The molecule has 1 aromatic heterocycles. The molecule has 0 aliphatic rings. The highest BCUT2D eigenvalue weighted by Crippen LogP contribution is 2.28. The Bertz CT molecular complexity index is 572. The van der Waals surface area contributed by atoms with Crippen molar-refractivity contribution in [1.29, 1.82) is 0 Å². The number of hydrogen-bond acceptors (Lipinski definition) is 4. The lowest BCUT2D eigenvalue weighted by Crippen LogP contribution is -2.04. The summed E-state index contributed by atoms with van der Waals surface area (Å²) in [5, 5.41) is 7.32. The fourth-order valence-electron chi connectivity index (χ4n) is 1.46. The van der Waals surface area contributed by atoms with E-state index >= 15 is 0 Å². The van der Waals surface area contributed by atoms with Crippen molar-refractivity contribution in [3.05, 3.63) is 38.9 Å². The fraction of sp³-hybridized carbons (Fsp3) is 0.167. The molecule has 0 bridgehead atoms. The van der Waals surface area contributed by atoms with Gasteiger partial charge in [0.2, 0.25) is 5.95 Å². The Morgan fingerprint density at radius 1 is 1.21 bits per heavy atom. The molecule has 2 rings (SSSR count). The molecule has 0 fully saturated rings. The van der Waals surface area contributed by atoms with Gasteiger partial charge in [0.05, 0.1) is 4.47 Å². The highest BCUT2D eigenvalue weighted by molar-refractivity contribution is 9.10. The second kappa shape index (κ2) is 6.41. The molecule has 1 heterocycles. The zero-order valence-electron chi connectivity index (χ0n) is 10.0. The molecule has 0 spiro atoms. The maximum absolute atomic E-state index is 5.96. The molecule has 0 radical (unpaired) electrons. The molecule has 1 aromatic carbocycles. The average Bonchev–Trinajstić information content (AvgIpc) is 2.32. The third-order valence-electron chi connectivity index (χ3n) is 2.20. The third-order valence-corrected chi connectivity index (χ3v) is 3.22. The molecule has 4 nitrogen and oxygen atoms in total. The Morgan fingerprint density at radius 2 is 1.89 bits per heavy atom. The summed E-state index contributed by atoms with van der Waals surface area (Å²) in [4.78, 5) is 8.49. The quantitative estimate of drug-likeness (QED) is 0.827. The molecule has 7 heteroatoms. The Morgan fingerprint density at radius 3 is 2.53 bits per heavy atom. The van der Waals surface area contributed by atoms with Crippen molar-refractivity contribution in [3.8, 4) is 0 Å². The summed E-state index contributed by atoms with van der Waals surface area (Å²) in [6, 6.07) is 5.22. The molecule has 0 aliphatic carbocycles. The van der Waals surface area contributed by atoms with Gasteiger partial charge >= 0.3 is 0 Å². The topological polar surface area (TPSA) is 49.8 Å². The number of halogens is 3. The highest BCUT2D eigenvalue weighted by atomic mass is 79.9. The van der Waals surface area contributed by atoms with Crippen LogP contribution in [0.25, 0.3) is 0 Å². The van der Waals surface area contributed by atoms with Crippen LogP contribution in [0.2, 0.25) is 10.0 Å². The molecule has 2 N–H and O–H groups in total. The molecule has 0 saturated heterocycles. The number of rotatable bonds is 4. The first-order chi connectivity index (χ1) is 9.08. The molecule has 0 amide bonds. The van der Waals surface area contributed by atoms with Gasteiger partial charge in [-0.25, -0.2) is 4.98 Å². The first-order valence-corrected chi connectivity index (χ1v) is 7.13. The minimum Gasteiger partial charge on any atom is -0.354 e. The molecular formula is C12H11BrCl2N4. The Hall–Kier alpha value is -1.04. The van der Waals surface area contributed by atoms with Gasteiger partial charge in [-0.3, -0.25) is 0 Å². The van der Waals surface area contributed by atoms with Gasteiger partial charge in [0.1, 0.15) is 5.82 Å². The van der Waals surface area contributed by atoms with E-state index in [0.29, 0.717) is 21.8 Å². The van der Waals surface area contributed by atoms with E-state index in [1.807, 2.05) is 6.92 Å². The van der Waals surface area contributed by atoms with Crippen molar-refractivity contribution in [2.24, 2.45) is 0 Å². The molecule has 2 aromatic rings. The van der Waals surface area contributed by atoms with Crippen molar-refractivity contribution in [1.82, 2.24) is 9.97 Å². The molecule has 0 aliphatic heterocycles. The van der Waals surface area contributed by atoms with Crippen molar-refractivity contribution in [3.63, 3.8) is 0 Å². The molecular weight excluding hydrogens is 351 g/mol. The van der Waals surface area contributed by atoms with Crippen LogP contribution >= 0.6 is 39.1 Å². The van der Waals surface area contributed by atoms with Crippen LogP contribution in [-0.4, -0.2) is 16.5 Å². The van der Waals surface area contributed by atoms with Gasteiger partial charge in [0.15, 0.2) is 0 Å². The van der Waals surface area contributed by atoms with Crippen LogP contribution in [0, 0.1) is 0 Å². The molecule has 19 heavy (non-hydrogen) atoms. The second-order valence-corrected chi connectivity index (χ2v) is 5.43. The van der Waals surface area contributed by atoms with E-state index in [4.69, 9.17) is 23.2 Å². The molecule has 100 valence electrons. The Balaban J connectivity index is 2.28. The number of hydrogen-bond donors (Lipinski definition) is 2. The average molecular weight is 362 g/mol. The lowest BCUT2D eigenvalue weighted by molar-refractivity contribution is 1.08. The zero-order valence-corrected chi connectivity index (χ0v) is 13.1. The van der Waals surface area contributed by atoms with Crippen LogP contribution in [0.5, 0.6) is 0 Å². The lowest BCUT2D eigenvalue weighted by atomic mass is 10.3. The Labute approximate surface area is 129 Å². The first kappa shape index (κ1) is 14.4. The minimum absolute atomic E-state index is 0.557. The monoisotopic (exact) mass is 360 g/mol. The van der Waals surface area contributed by atoms with Gasteiger partial charge in [0, 0.05) is 28.5 Å². The minimum atomic E-state index is 0.557. The number of benzene rings is 1. The van der Waals surface area contributed by atoms with Gasteiger partial charge in [-0.1, -0.05) is 23.2 Å². The van der Waals surface area contributed by atoms with Crippen molar-refractivity contribution >= 4 is 56.6 Å². The van der Waals surface area contributed by atoms with Crippen molar-refractivity contribution in [2.75, 3.05) is 17.2 Å². The summed E-state index contributed by atoms with van der Waals surface area (Å²) in [7, 11) is 0. The maximum atomic E-state index is 5.96. The predicted molar refractivity (Wildman–Crippen MR) is 83.6 cm³/mol. The van der Waals surface area contributed by atoms with Crippen LogP contribution in [0.4, 0.5) is 17.5 Å². The lowest BCUT2D eigenvalue weighted by Gasteiger charge is -2.10. The second-order valence-electron chi connectivity index (χ2n) is 3.70. The summed E-state index contributed by atoms with van der Waals surface area (Å²) in [5.74, 6) is 1.20. The van der Waals surface area contributed by atoms with E-state index in [9.17, 15) is 0 Å². The van der Waals surface area contributed by atoms with E-state index in [0.717, 1.165) is 16.7 Å². The van der Waals surface area contributed by atoms with E-state index in [1.165, 1.54) is 0 Å². The number of aromatic nitrogens is 2. The summed E-state index contributed by atoms with van der Waals surface area (Å²) < 4.78 is 0.755. The molecule has 0 saturated carbocycles. The zero-order chi connectivity index (χ0) is 13.8. The summed E-state index contributed by atoms with van der Waals surface area (Å²) in [6.45, 7) is 2.74. The van der Waals surface area contributed by atoms with Gasteiger partial charge in [-0.15, -0.1) is 0 Å². The number of anilines is 3. The number of nitrogens with zero attached hydrogens (tertiary/aromatic N) is 2. The molecule has 0 atom stereocenters. The predicted octanol–water partition coefficient (Wildman–Crippen LogP) is 4.72. The standard InChI is InChI=1S/C12H11BrCl2N4/c1-2-16-12-17-6-10(13)11(19-12)18-9-4-7(14)3-8(15)5-9/h3-6H,2H2,1H3,(H2,16,17,18,19).